The Balaban J connectivity index is 1.57. The Morgan fingerprint density at radius 2 is 1.96 bits per heavy atom. The van der Waals surface area contributed by atoms with Gasteiger partial charge >= 0.3 is 0 Å². The highest BCUT2D eigenvalue weighted by Crippen LogP contribution is 2.18. The van der Waals surface area contributed by atoms with Crippen LogP contribution in [0.3, 0.4) is 0 Å². The van der Waals surface area contributed by atoms with E-state index in [9.17, 15) is 14.4 Å². The second-order valence-corrected chi connectivity index (χ2v) is 7.50. The molecule has 0 radical (unpaired) electrons. The number of nitrogens with zero attached hydrogens (tertiary/aromatic N) is 1. The number of aromatic nitrogens is 1. The summed E-state index contributed by atoms with van der Waals surface area (Å²) in [6.07, 6.45) is 1.92. The summed E-state index contributed by atoms with van der Waals surface area (Å²) >= 11 is 0. The second-order valence-electron chi connectivity index (χ2n) is 7.50. The molecular formula is C22H27N3O3. The van der Waals surface area contributed by atoms with Gasteiger partial charge in [-0.05, 0) is 43.9 Å². The molecule has 0 bridgehead atoms. The first-order valence-corrected chi connectivity index (χ1v) is 9.73. The van der Waals surface area contributed by atoms with Crippen molar-refractivity contribution in [1.82, 2.24) is 15.2 Å². The van der Waals surface area contributed by atoms with Gasteiger partial charge in [-0.15, -0.1) is 0 Å². The van der Waals surface area contributed by atoms with Crippen molar-refractivity contribution in [3.05, 3.63) is 69.1 Å². The molecule has 0 saturated carbocycles. The van der Waals surface area contributed by atoms with Crippen molar-refractivity contribution in [2.75, 3.05) is 13.1 Å². The SMILES string of the molecule is Cc1cc(C)c(CNC(=O)[C@H]2CCCN(C(=O)Cc3ccccc3)C2)c(=O)[nH]1. The number of piperidine rings is 1. The van der Waals surface area contributed by atoms with E-state index in [2.05, 4.69) is 10.3 Å². The van der Waals surface area contributed by atoms with E-state index in [1.165, 1.54) is 0 Å². The van der Waals surface area contributed by atoms with Crippen molar-refractivity contribution in [2.24, 2.45) is 5.92 Å². The second kappa shape index (κ2) is 8.87. The lowest BCUT2D eigenvalue weighted by atomic mass is 9.96. The van der Waals surface area contributed by atoms with Gasteiger partial charge in [-0.3, -0.25) is 14.4 Å². The Labute approximate surface area is 165 Å². The van der Waals surface area contributed by atoms with E-state index in [0.717, 1.165) is 29.7 Å². The molecule has 28 heavy (non-hydrogen) atoms. The van der Waals surface area contributed by atoms with Crippen LogP contribution in [0.2, 0.25) is 0 Å². The molecule has 3 rings (SSSR count). The zero-order chi connectivity index (χ0) is 20.1. The van der Waals surface area contributed by atoms with Crippen molar-refractivity contribution in [3.63, 3.8) is 0 Å². The van der Waals surface area contributed by atoms with Crippen LogP contribution in [-0.4, -0.2) is 34.8 Å². The number of likely N-dealkylation sites (tertiary alicyclic amines) is 1. The molecule has 2 amide bonds. The van der Waals surface area contributed by atoms with E-state index in [0.29, 0.717) is 25.1 Å². The molecule has 2 aromatic rings. The molecular weight excluding hydrogens is 354 g/mol. The third-order valence-electron chi connectivity index (χ3n) is 5.28. The quantitative estimate of drug-likeness (QED) is 0.832. The fourth-order valence-electron chi connectivity index (χ4n) is 3.72. The summed E-state index contributed by atoms with van der Waals surface area (Å²) in [5.74, 6) is -0.288. The van der Waals surface area contributed by atoms with Crippen molar-refractivity contribution >= 4 is 11.8 Å². The van der Waals surface area contributed by atoms with Gasteiger partial charge in [-0.1, -0.05) is 30.3 Å². The summed E-state index contributed by atoms with van der Waals surface area (Å²) in [7, 11) is 0. The number of amides is 2. The lowest BCUT2D eigenvalue weighted by Gasteiger charge is -2.32. The van der Waals surface area contributed by atoms with Crippen LogP contribution in [0.25, 0.3) is 0 Å². The third-order valence-corrected chi connectivity index (χ3v) is 5.28. The van der Waals surface area contributed by atoms with E-state index in [1.807, 2.05) is 50.2 Å². The molecule has 2 heterocycles. The Kier molecular flexibility index (Phi) is 6.29. The monoisotopic (exact) mass is 381 g/mol. The van der Waals surface area contributed by atoms with Gasteiger partial charge in [0.1, 0.15) is 0 Å². The van der Waals surface area contributed by atoms with Gasteiger partial charge in [0.15, 0.2) is 0 Å². The number of carbonyl (C=O) groups excluding carboxylic acids is 2. The summed E-state index contributed by atoms with van der Waals surface area (Å²) in [6.45, 7) is 5.02. The van der Waals surface area contributed by atoms with Crippen molar-refractivity contribution < 1.29 is 9.59 Å². The normalized spacial score (nSPS) is 16.6. The van der Waals surface area contributed by atoms with Crippen LogP contribution in [0, 0.1) is 19.8 Å². The van der Waals surface area contributed by atoms with Crippen molar-refractivity contribution in [1.29, 1.82) is 0 Å². The minimum atomic E-state index is -0.238. The number of nitrogens with one attached hydrogen (secondary N) is 2. The predicted octanol–water partition coefficient (Wildman–Crippen LogP) is 2.09. The molecule has 6 heteroatoms. The molecule has 1 aromatic heterocycles. The highest BCUT2D eigenvalue weighted by Gasteiger charge is 2.28. The van der Waals surface area contributed by atoms with Crippen LogP contribution in [-0.2, 0) is 22.6 Å². The Hall–Kier alpha value is -2.89. The molecule has 1 fully saturated rings. The molecule has 0 aliphatic carbocycles. The van der Waals surface area contributed by atoms with E-state index in [1.54, 1.807) is 4.90 Å². The topological polar surface area (TPSA) is 82.3 Å². The van der Waals surface area contributed by atoms with Gasteiger partial charge < -0.3 is 15.2 Å². The maximum Gasteiger partial charge on any atom is 0.253 e. The zero-order valence-corrected chi connectivity index (χ0v) is 16.5. The Morgan fingerprint density at radius 1 is 1.21 bits per heavy atom. The molecule has 1 saturated heterocycles. The highest BCUT2D eigenvalue weighted by molar-refractivity contribution is 5.82. The molecule has 148 valence electrons. The van der Waals surface area contributed by atoms with Gasteiger partial charge in [-0.2, -0.15) is 0 Å². The number of aromatic amines is 1. The maximum atomic E-state index is 12.6. The van der Waals surface area contributed by atoms with Crippen LogP contribution in [0.5, 0.6) is 0 Å². The summed E-state index contributed by atoms with van der Waals surface area (Å²) in [6, 6.07) is 11.5. The molecule has 6 nitrogen and oxygen atoms in total. The van der Waals surface area contributed by atoms with E-state index >= 15 is 0 Å². The maximum absolute atomic E-state index is 12.6. The Bertz CT molecular complexity index is 905. The summed E-state index contributed by atoms with van der Waals surface area (Å²) < 4.78 is 0. The number of hydrogen-bond donors (Lipinski definition) is 2. The van der Waals surface area contributed by atoms with E-state index in [4.69, 9.17) is 0 Å². The summed E-state index contributed by atoms with van der Waals surface area (Å²) in [5.41, 5.74) is 3.06. The summed E-state index contributed by atoms with van der Waals surface area (Å²) in [5, 5.41) is 2.88. The first-order valence-electron chi connectivity index (χ1n) is 9.73. The average Bonchev–Trinajstić information content (AvgIpc) is 2.68. The van der Waals surface area contributed by atoms with Crippen LogP contribution in [0.4, 0.5) is 0 Å². The number of H-pyrrole nitrogens is 1. The van der Waals surface area contributed by atoms with Gasteiger partial charge in [0.05, 0.1) is 12.3 Å². The number of benzene rings is 1. The molecule has 1 atom stereocenters. The van der Waals surface area contributed by atoms with Gasteiger partial charge in [0, 0.05) is 30.9 Å². The molecule has 1 aliphatic heterocycles. The zero-order valence-electron chi connectivity index (χ0n) is 16.5. The van der Waals surface area contributed by atoms with E-state index < -0.39 is 0 Å². The molecule has 1 aliphatic rings. The minimum Gasteiger partial charge on any atom is -0.352 e. The van der Waals surface area contributed by atoms with Gasteiger partial charge in [-0.25, -0.2) is 0 Å². The van der Waals surface area contributed by atoms with Crippen molar-refractivity contribution in [2.45, 2.75) is 39.7 Å². The van der Waals surface area contributed by atoms with Crippen LogP contribution >= 0.6 is 0 Å². The first kappa shape index (κ1) is 19.9. The largest absolute Gasteiger partial charge is 0.352 e. The smallest absolute Gasteiger partial charge is 0.253 e. The number of hydrogen-bond acceptors (Lipinski definition) is 3. The number of aryl methyl sites for hydroxylation is 2. The van der Waals surface area contributed by atoms with Crippen LogP contribution < -0.4 is 10.9 Å². The number of carbonyl (C=O) groups is 2. The fraction of sp³-hybridized carbons (Fsp3) is 0.409. The first-order chi connectivity index (χ1) is 13.4. The molecule has 0 unspecified atom stereocenters. The molecule has 0 spiro atoms. The Morgan fingerprint density at radius 3 is 2.68 bits per heavy atom. The standard InChI is InChI=1S/C22H27N3O3/c1-15-11-16(2)24-22(28)19(15)13-23-21(27)18-9-6-10-25(14-18)20(26)12-17-7-4-3-5-8-17/h3-5,7-8,11,18H,6,9-10,12-14H2,1-2H3,(H,23,27)(H,24,28)/t18-/m0/s1. The van der Waals surface area contributed by atoms with Crippen molar-refractivity contribution in [3.8, 4) is 0 Å². The predicted molar refractivity (Wildman–Crippen MR) is 108 cm³/mol. The highest BCUT2D eigenvalue weighted by atomic mass is 16.2. The molecule has 2 N–H and O–H groups in total. The fourth-order valence-corrected chi connectivity index (χ4v) is 3.72. The third kappa shape index (κ3) is 4.88. The van der Waals surface area contributed by atoms with Crippen LogP contribution in [0.1, 0.15) is 35.2 Å². The lowest BCUT2D eigenvalue weighted by molar-refractivity contribution is -0.135. The van der Waals surface area contributed by atoms with E-state index in [-0.39, 0.29) is 29.8 Å². The lowest BCUT2D eigenvalue weighted by Crippen LogP contribution is -2.46. The average molecular weight is 381 g/mol. The summed E-state index contributed by atoms with van der Waals surface area (Å²) in [4.78, 5) is 41.9. The number of pyridine rings is 1. The van der Waals surface area contributed by atoms with Gasteiger partial charge in [0.2, 0.25) is 11.8 Å². The van der Waals surface area contributed by atoms with Gasteiger partial charge in [0.25, 0.3) is 5.56 Å². The van der Waals surface area contributed by atoms with Crippen LogP contribution in [0.15, 0.2) is 41.2 Å². The molecule has 1 aromatic carbocycles. The number of rotatable bonds is 5. The minimum absolute atomic E-state index is 0.0505.